The summed E-state index contributed by atoms with van der Waals surface area (Å²) in [6.45, 7) is 3.50. The van der Waals surface area contributed by atoms with Gasteiger partial charge in [0.1, 0.15) is 0 Å². The van der Waals surface area contributed by atoms with Gasteiger partial charge in [-0.3, -0.25) is 0 Å². The number of hydrogen-bond acceptors (Lipinski definition) is 1. The number of benzene rings is 1. The molecule has 1 aliphatic rings. The van der Waals surface area contributed by atoms with Crippen LogP contribution in [0.4, 0.5) is 0 Å². The minimum atomic E-state index is 0.772. The van der Waals surface area contributed by atoms with Crippen LogP contribution in [-0.4, -0.2) is 0 Å². The number of nitriles is 1. The van der Waals surface area contributed by atoms with Crippen molar-refractivity contribution in [2.75, 3.05) is 0 Å². The van der Waals surface area contributed by atoms with Crippen molar-refractivity contribution in [3.63, 3.8) is 0 Å². The van der Waals surface area contributed by atoms with Gasteiger partial charge in [-0.1, -0.05) is 29.8 Å². The molecule has 0 aliphatic heterocycles. The highest BCUT2D eigenvalue weighted by Gasteiger charge is 2.24. The summed E-state index contributed by atoms with van der Waals surface area (Å²) in [7, 11) is 0. The first kappa shape index (κ1) is 9.09. The summed E-state index contributed by atoms with van der Waals surface area (Å²) in [5.41, 5.74) is 1.34. The van der Waals surface area contributed by atoms with Crippen LogP contribution in [0, 0.1) is 11.8 Å². The Morgan fingerprint density at radius 3 is 2.33 bits per heavy atom. The molecule has 1 aliphatic carbocycles. The van der Waals surface area contributed by atoms with Crippen molar-refractivity contribution >= 4 is 11.6 Å². The summed E-state index contributed by atoms with van der Waals surface area (Å²) in [6.07, 6.45) is 2.65. The lowest BCUT2D eigenvalue weighted by Gasteiger charge is -1.98. The Morgan fingerprint density at radius 1 is 1.25 bits per heavy atom. The van der Waals surface area contributed by atoms with Crippen molar-refractivity contribution in [1.29, 1.82) is 5.26 Å². The van der Waals surface area contributed by atoms with E-state index in [0.717, 1.165) is 10.9 Å². The van der Waals surface area contributed by atoms with Crippen LogP contribution < -0.4 is 0 Å². The Hall–Kier alpha value is -1.00. The first-order chi connectivity index (χ1) is 5.88. The van der Waals surface area contributed by atoms with Gasteiger partial charge in [-0.15, -0.1) is 0 Å². The molecule has 1 saturated carbocycles. The van der Waals surface area contributed by atoms with Gasteiger partial charge in [-0.25, -0.2) is 5.26 Å². The monoisotopic (exact) mass is 179 g/mol. The van der Waals surface area contributed by atoms with Crippen molar-refractivity contribution in [3.8, 4) is 6.57 Å². The predicted octanol–water partition coefficient (Wildman–Crippen LogP) is 3.36. The lowest BCUT2D eigenvalue weighted by atomic mass is 10.1. The van der Waals surface area contributed by atoms with Crippen LogP contribution in [0.5, 0.6) is 0 Å². The molecule has 0 radical (unpaired) electrons. The molecule has 0 unspecified atom stereocenters. The van der Waals surface area contributed by atoms with Crippen LogP contribution in [0.3, 0.4) is 0 Å². The quantitative estimate of drug-likeness (QED) is 0.649. The molecular weight excluding hydrogens is 170 g/mol. The molecule has 0 aromatic heterocycles. The first-order valence-corrected chi connectivity index (χ1v) is 4.26. The molecule has 0 N–H and O–H groups in total. The number of halogens is 1. The van der Waals surface area contributed by atoms with Gasteiger partial charge in [-0.05, 0) is 30.4 Å². The highest BCUT2D eigenvalue weighted by molar-refractivity contribution is 6.31. The minimum Gasteiger partial charge on any atom is -0.202 e. The lowest BCUT2D eigenvalue weighted by Crippen LogP contribution is -1.78. The summed E-state index contributed by atoms with van der Waals surface area (Å²) in [6, 6.07) is 8.13. The third kappa shape index (κ3) is 1.99. The van der Waals surface area contributed by atoms with Gasteiger partial charge in [0, 0.05) is 11.6 Å². The number of rotatable bonds is 1. The van der Waals surface area contributed by atoms with Crippen LogP contribution in [0.15, 0.2) is 24.3 Å². The fraction of sp³-hybridized carbons (Fsp3) is 0.300. The van der Waals surface area contributed by atoms with Gasteiger partial charge in [0.25, 0.3) is 0 Å². The molecule has 0 atom stereocenters. The fourth-order valence-corrected chi connectivity index (χ4v) is 1.49. The van der Waals surface area contributed by atoms with E-state index in [-0.39, 0.29) is 0 Å². The van der Waals surface area contributed by atoms with Gasteiger partial charge < -0.3 is 0 Å². The van der Waals surface area contributed by atoms with Gasteiger partial charge in [0.2, 0.25) is 0 Å². The fourth-order valence-electron chi connectivity index (χ4n) is 1.20. The largest absolute Gasteiger partial charge is 0.202 e. The van der Waals surface area contributed by atoms with E-state index < -0.39 is 0 Å². The molecule has 62 valence electrons. The maximum Gasteiger partial charge on any atom is 0.0462 e. The number of nitrogens with zero attached hydrogens (tertiary/aromatic N) is 1. The zero-order valence-corrected chi connectivity index (χ0v) is 7.46. The molecule has 2 heteroatoms. The van der Waals surface area contributed by atoms with E-state index in [4.69, 9.17) is 16.9 Å². The molecule has 12 heavy (non-hydrogen) atoms. The summed E-state index contributed by atoms with van der Waals surface area (Å²) in [5, 5.41) is 7.44. The average Bonchev–Trinajstić information content (AvgIpc) is 2.92. The smallest absolute Gasteiger partial charge is 0.0462 e. The summed E-state index contributed by atoms with van der Waals surface area (Å²) in [5.74, 6) is 0.772. The van der Waals surface area contributed by atoms with Crippen LogP contribution in [0.2, 0.25) is 5.02 Å². The first-order valence-electron chi connectivity index (χ1n) is 3.88. The predicted molar refractivity (Wildman–Crippen MR) is 50.1 cm³/mol. The third-order valence-electron chi connectivity index (χ3n) is 1.92. The molecule has 2 rings (SSSR count). The van der Waals surface area contributed by atoms with Gasteiger partial charge in [0.15, 0.2) is 0 Å². The second-order valence-corrected chi connectivity index (χ2v) is 3.20. The Morgan fingerprint density at radius 2 is 1.83 bits per heavy atom. The van der Waals surface area contributed by atoms with Gasteiger partial charge >= 0.3 is 0 Å². The van der Waals surface area contributed by atoms with Gasteiger partial charge in [0.05, 0.1) is 0 Å². The Labute approximate surface area is 77.6 Å². The Balaban J connectivity index is 0.000000336. The van der Waals surface area contributed by atoms with Crippen molar-refractivity contribution in [3.05, 3.63) is 34.9 Å². The molecule has 1 aromatic carbocycles. The molecule has 0 amide bonds. The van der Waals surface area contributed by atoms with Crippen LogP contribution in [0.25, 0.3) is 0 Å². The average molecular weight is 180 g/mol. The van der Waals surface area contributed by atoms with Crippen molar-refractivity contribution in [1.82, 2.24) is 0 Å². The second kappa shape index (κ2) is 4.13. The molecule has 0 spiro atoms. The van der Waals surface area contributed by atoms with E-state index in [2.05, 4.69) is 18.7 Å². The maximum absolute atomic E-state index is 6.50. The van der Waals surface area contributed by atoms with Crippen molar-refractivity contribution in [2.24, 2.45) is 0 Å². The zero-order valence-electron chi connectivity index (χ0n) is 6.70. The number of hydrogen-bond donors (Lipinski definition) is 0. The molecule has 1 aromatic rings. The second-order valence-electron chi connectivity index (χ2n) is 2.80. The summed E-state index contributed by atoms with van der Waals surface area (Å²) >= 11 is 5.96. The van der Waals surface area contributed by atoms with Crippen LogP contribution in [0.1, 0.15) is 24.3 Å². The SMILES string of the molecule is C#N.Clc1ccccc1C1CC1. The Kier molecular flexibility index (Phi) is 3.13. The normalized spacial score (nSPS) is 14.6. The van der Waals surface area contributed by atoms with E-state index in [1.165, 1.54) is 18.4 Å². The lowest BCUT2D eigenvalue weighted by molar-refractivity contribution is 1.13. The standard InChI is InChI=1S/C9H9Cl.CHN/c10-9-4-2-1-3-8(9)7-5-6-7;1-2/h1-4,7H,5-6H2;1H. The highest BCUT2D eigenvalue weighted by atomic mass is 35.5. The van der Waals surface area contributed by atoms with E-state index in [1.807, 2.05) is 12.1 Å². The van der Waals surface area contributed by atoms with Crippen molar-refractivity contribution in [2.45, 2.75) is 18.8 Å². The third-order valence-corrected chi connectivity index (χ3v) is 2.27. The molecule has 1 nitrogen and oxygen atoms in total. The maximum atomic E-state index is 6.50. The zero-order chi connectivity index (χ0) is 8.97. The highest BCUT2D eigenvalue weighted by Crippen LogP contribution is 2.42. The topological polar surface area (TPSA) is 23.8 Å². The van der Waals surface area contributed by atoms with E-state index in [1.54, 1.807) is 0 Å². The van der Waals surface area contributed by atoms with Gasteiger partial charge in [-0.2, -0.15) is 0 Å². The summed E-state index contributed by atoms with van der Waals surface area (Å²) < 4.78 is 0. The molecule has 0 heterocycles. The summed E-state index contributed by atoms with van der Waals surface area (Å²) in [4.78, 5) is 0. The van der Waals surface area contributed by atoms with Crippen molar-refractivity contribution < 1.29 is 0 Å². The van der Waals surface area contributed by atoms with E-state index >= 15 is 0 Å². The van der Waals surface area contributed by atoms with Crippen LogP contribution in [-0.2, 0) is 0 Å². The van der Waals surface area contributed by atoms with E-state index in [9.17, 15) is 0 Å². The molecule has 0 bridgehead atoms. The van der Waals surface area contributed by atoms with E-state index in [0.29, 0.717) is 0 Å². The Bertz CT molecular complexity index is 276. The molecular formula is C10H10ClN. The minimum absolute atomic E-state index is 0.772. The molecule has 1 fully saturated rings. The van der Waals surface area contributed by atoms with Crippen LogP contribution >= 0.6 is 11.6 Å². The molecule has 0 saturated heterocycles.